The fourth-order valence-electron chi connectivity index (χ4n) is 5.04. The maximum absolute atomic E-state index is 9.93. The molecular formula is C23H25BN2O. The van der Waals surface area contributed by atoms with Crippen molar-refractivity contribution >= 4 is 12.5 Å². The fraction of sp³-hybridized carbons (Fsp3) is 0.304. The zero-order valence-electron chi connectivity index (χ0n) is 15.8. The van der Waals surface area contributed by atoms with Gasteiger partial charge in [-0.15, -0.1) is 0 Å². The SMILES string of the molecule is C=C(O)c1cccc2c1CB1C=C(Cc3ccc4c(c3)CN(C)C4)NC1C2. The molecule has 5 rings (SSSR count). The lowest BCUT2D eigenvalue weighted by atomic mass is 9.39. The Bertz CT molecular complexity index is 965. The van der Waals surface area contributed by atoms with Crippen LogP contribution in [-0.2, 0) is 32.3 Å². The van der Waals surface area contributed by atoms with Crippen LogP contribution in [0.4, 0.5) is 0 Å². The lowest BCUT2D eigenvalue weighted by Gasteiger charge is -2.27. The predicted molar refractivity (Wildman–Crippen MR) is 112 cm³/mol. The molecule has 1 unspecified atom stereocenters. The number of rotatable bonds is 3. The van der Waals surface area contributed by atoms with Gasteiger partial charge in [0.25, 0.3) is 0 Å². The van der Waals surface area contributed by atoms with E-state index in [-0.39, 0.29) is 5.76 Å². The average molecular weight is 356 g/mol. The minimum Gasteiger partial charge on any atom is -0.508 e. The summed E-state index contributed by atoms with van der Waals surface area (Å²) in [4.78, 5) is 2.36. The van der Waals surface area contributed by atoms with Crippen LogP contribution in [0.3, 0.4) is 0 Å². The highest BCUT2D eigenvalue weighted by Gasteiger charge is 2.36. The normalized spacial score (nSPS) is 20.6. The van der Waals surface area contributed by atoms with Gasteiger partial charge in [-0.25, -0.2) is 0 Å². The molecule has 2 aromatic carbocycles. The van der Waals surface area contributed by atoms with E-state index in [1.807, 2.05) is 12.1 Å². The van der Waals surface area contributed by atoms with Crippen molar-refractivity contribution in [1.82, 2.24) is 10.2 Å². The predicted octanol–water partition coefficient (Wildman–Crippen LogP) is 3.47. The highest BCUT2D eigenvalue weighted by atomic mass is 16.3. The van der Waals surface area contributed by atoms with Crippen LogP contribution >= 0.6 is 0 Å². The molecule has 0 spiro atoms. The van der Waals surface area contributed by atoms with Gasteiger partial charge >= 0.3 is 0 Å². The van der Waals surface area contributed by atoms with Crippen LogP contribution in [0.15, 0.2) is 54.6 Å². The van der Waals surface area contributed by atoms with E-state index in [0.717, 1.165) is 37.8 Å². The van der Waals surface area contributed by atoms with Crippen LogP contribution in [0.5, 0.6) is 0 Å². The van der Waals surface area contributed by atoms with E-state index in [1.165, 1.54) is 33.5 Å². The molecule has 0 bridgehead atoms. The summed E-state index contributed by atoms with van der Waals surface area (Å²) in [5.74, 6) is 3.07. The average Bonchev–Trinajstić information content (AvgIpc) is 3.19. The van der Waals surface area contributed by atoms with E-state index < -0.39 is 0 Å². The monoisotopic (exact) mass is 356 g/mol. The summed E-state index contributed by atoms with van der Waals surface area (Å²) in [6.07, 6.45) is 2.96. The Balaban J connectivity index is 1.35. The number of aliphatic hydroxyl groups is 1. The Hall–Kier alpha value is -2.46. The zero-order valence-corrected chi connectivity index (χ0v) is 15.8. The summed E-state index contributed by atoms with van der Waals surface area (Å²) in [6, 6.07) is 13.2. The molecule has 0 radical (unpaired) electrons. The summed E-state index contributed by atoms with van der Waals surface area (Å²) in [6.45, 7) is 6.37. The van der Waals surface area contributed by atoms with Crippen molar-refractivity contribution in [3.8, 4) is 0 Å². The molecule has 0 fully saturated rings. The minimum absolute atomic E-state index is 0.184. The maximum Gasteiger partial charge on any atom is 0.199 e. The Labute approximate surface area is 161 Å². The number of nitrogens with one attached hydrogen (secondary N) is 1. The van der Waals surface area contributed by atoms with Crippen molar-refractivity contribution in [3.05, 3.63) is 88.0 Å². The van der Waals surface area contributed by atoms with Gasteiger partial charge in [-0.3, -0.25) is 4.90 Å². The van der Waals surface area contributed by atoms with Crippen LogP contribution in [0.2, 0.25) is 0 Å². The van der Waals surface area contributed by atoms with Gasteiger partial charge in [-0.2, -0.15) is 0 Å². The number of fused-ring (bicyclic) bond motifs is 3. The molecular weight excluding hydrogens is 331 g/mol. The second-order valence-corrected chi connectivity index (χ2v) is 8.36. The molecule has 2 aromatic rings. The van der Waals surface area contributed by atoms with Gasteiger partial charge in [-0.1, -0.05) is 49.0 Å². The molecule has 0 amide bonds. The number of benzene rings is 2. The summed E-state index contributed by atoms with van der Waals surface area (Å²) in [7, 11) is 2.18. The first-order chi connectivity index (χ1) is 13.1. The first-order valence-corrected chi connectivity index (χ1v) is 9.82. The number of nitrogens with zero attached hydrogens (tertiary/aromatic N) is 1. The molecule has 1 atom stereocenters. The second-order valence-electron chi connectivity index (χ2n) is 8.36. The van der Waals surface area contributed by atoms with Crippen LogP contribution in [-0.4, -0.2) is 29.7 Å². The van der Waals surface area contributed by atoms with E-state index in [0.29, 0.717) is 12.7 Å². The van der Waals surface area contributed by atoms with Gasteiger partial charge in [0, 0.05) is 36.7 Å². The number of hydrogen-bond donors (Lipinski definition) is 2. The van der Waals surface area contributed by atoms with E-state index in [2.05, 4.69) is 54.1 Å². The van der Waals surface area contributed by atoms with Gasteiger partial charge in [0.1, 0.15) is 5.76 Å². The zero-order chi connectivity index (χ0) is 18.5. The third-order valence-electron chi connectivity index (χ3n) is 6.31. The Kier molecular flexibility index (Phi) is 3.90. The quantitative estimate of drug-likeness (QED) is 0.653. The van der Waals surface area contributed by atoms with Crippen LogP contribution in [0.1, 0.15) is 33.4 Å². The molecule has 3 nitrogen and oxygen atoms in total. The van der Waals surface area contributed by atoms with Gasteiger partial charge in [0.15, 0.2) is 6.71 Å². The number of aliphatic hydroxyl groups excluding tert-OH is 1. The van der Waals surface area contributed by atoms with Gasteiger partial charge in [-0.05, 0) is 47.6 Å². The largest absolute Gasteiger partial charge is 0.508 e. The molecule has 0 saturated heterocycles. The van der Waals surface area contributed by atoms with Crippen molar-refractivity contribution in [2.24, 2.45) is 0 Å². The molecule has 2 N–H and O–H groups in total. The molecule has 0 aliphatic carbocycles. The highest BCUT2D eigenvalue weighted by molar-refractivity contribution is 6.67. The molecule has 27 heavy (non-hydrogen) atoms. The van der Waals surface area contributed by atoms with Crippen LogP contribution in [0, 0.1) is 0 Å². The molecule has 0 saturated carbocycles. The Morgan fingerprint density at radius 3 is 2.93 bits per heavy atom. The summed E-state index contributed by atoms with van der Waals surface area (Å²) >= 11 is 0. The lowest BCUT2D eigenvalue weighted by molar-refractivity contribution is 0.353. The van der Waals surface area contributed by atoms with Crippen molar-refractivity contribution in [3.63, 3.8) is 0 Å². The van der Waals surface area contributed by atoms with Gasteiger partial charge < -0.3 is 10.4 Å². The molecule has 3 aliphatic rings. The van der Waals surface area contributed by atoms with Crippen molar-refractivity contribution in [2.45, 2.75) is 38.2 Å². The standard InChI is InChI=1S/C23H25BN2O/c1-15(27)21-5-3-4-17-10-23-24(12-22(17)21)11-20(25-23)9-16-6-7-18-13-26(2)14-19(18)8-16/h3-8,11,23,25,27H,1,9-10,12-14H2,2H3. The Morgan fingerprint density at radius 1 is 1.22 bits per heavy atom. The van der Waals surface area contributed by atoms with E-state index in [4.69, 9.17) is 0 Å². The molecule has 136 valence electrons. The molecule has 4 heteroatoms. The lowest BCUT2D eigenvalue weighted by Crippen LogP contribution is -2.42. The van der Waals surface area contributed by atoms with Crippen molar-refractivity contribution < 1.29 is 5.11 Å². The van der Waals surface area contributed by atoms with E-state index in [9.17, 15) is 5.11 Å². The fourth-order valence-corrected chi connectivity index (χ4v) is 5.04. The van der Waals surface area contributed by atoms with Crippen LogP contribution < -0.4 is 5.32 Å². The first kappa shape index (κ1) is 16.7. The van der Waals surface area contributed by atoms with Gasteiger partial charge in [0.05, 0.1) is 0 Å². The number of hydrogen-bond acceptors (Lipinski definition) is 3. The number of allylic oxidation sites excluding steroid dienone is 1. The molecule has 0 aromatic heterocycles. The minimum atomic E-state index is 0.184. The topological polar surface area (TPSA) is 35.5 Å². The highest BCUT2D eigenvalue weighted by Crippen LogP contribution is 2.31. The Morgan fingerprint density at radius 2 is 2.07 bits per heavy atom. The van der Waals surface area contributed by atoms with Crippen molar-refractivity contribution in [2.75, 3.05) is 7.05 Å². The molecule has 3 aliphatic heterocycles. The first-order valence-electron chi connectivity index (χ1n) is 9.82. The summed E-state index contributed by atoms with van der Waals surface area (Å²) in [5, 5.41) is 13.7. The summed E-state index contributed by atoms with van der Waals surface area (Å²) < 4.78 is 0. The third kappa shape index (κ3) is 2.98. The second kappa shape index (κ2) is 6.31. The van der Waals surface area contributed by atoms with E-state index in [1.54, 1.807) is 0 Å². The molecule has 3 heterocycles. The van der Waals surface area contributed by atoms with Crippen molar-refractivity contribution in [1.29, 1.82) is 0 Å². The summed E-state index contributed by atoms with van der Waals surface area (Å²) in [5.41, 5.74) is 9.20. The van der Waals surface area contributed by atoms with E-state index >= 15 is 0 Å². The third-order valence-corrected chi connectivity index (χ3v) is 6.31. The van der Waals surface area contributed by atoms with Gasteiger partial charge in [0.2, 0.25) is 0 Å². The smallest absolute Gasteiger partial charge is 0.199 e. The maximum atomic E-state index is 9.93. The van der Waals surface area contributed by atoms with Crippen LogP contribution in [0.25, 0.3) is 5.76 Å².